The molecule has 2 aromatic carbocycles. The molecule has 25 heavy (non-hydrogen) atoms. The first-order valence-corrected chi connectivity index (χ1v) is 8.85. The summed E-state index contributed by atoms with van der Waals surface area (Å²) in [6.07, 6.45) is 1.49. The molecular weight excluding hydrogens is 336 g/mol. The van der Waals surface area contributed by atoms with Crippen LogP contribution in [0.4, 0.5) is 0 Å². The van der Waals surface area contributed by atoms with Crippen LogP contribution in [-0.4, -0.2) is 32.5 Å². The van der Waals surface area contributed by atoms with Crippen LogP contribution in [-0.2, 0) is 11.3 Å². The summed E-state index contributed by atoms with van der Waals surface area (Å²) in [5, 5.41) is 14.1. The molecule has 0 spiro atoms. The number of hydrogen-bond donors (Lipinski definition) is 2. The molecule has 3 aromatic rings. The van der Waals surface area contributed by atoms with Crippen molar-refractivity contribution in [1.29, 1.82) is 0 Å². The zero-order valence-corrected chi connectivity index (χ0v) is 14.5. The zero-order chi connectivity index (χ0) is 17.6. The van der Waals surface area contributed by atoms with Crippen LogP contribution in [0, 0.1) is 0 Å². The smallest absolute Gasteiger partial charge is 0.250 e. The number of aryl methyl sites for hydroxylation is 1. The first kappa shape index (κ1) is 17.0. The maximum absolute atomic E-state index is 12.0. The van der Waals surface area contributed by atoms with E-state index in [1.54, 1.807) is 24.3 Å². The Kier molecular flexibility index (Phi) is 5.35. The molecule has 0 atom stereocenters. The molecule has 0 saturated heterocycles. The number of nitrogens with zero attached hydrogens (tertiary/aromatic N) is 3. The Hall–Kier alpha value is -2.80. The number of thioether (sulfide) groups is 1. The number of aromatic hydroxyl groups is 1. The lowest BCUT2D eigenvalue weighted by Crippen LogP contribution is -2.20. The van der Waals surface area contributed by atoms with Crippen molar-refractivity contribution in [3.05, 3.63) is 54.1 Å². The quantitative estimate of drug-likeness (QED) is 0.405. The average molecular weight is 354 g/mol. The number of hydrazone groups is 1. The summed E-state index contributed by atoms with van der Waals surface area (Å²) < 4.78 is 2.09. The fourth-order valence-corrected chi connectivity index (χ4v) is 3.29. The molecule has 0 radical (unpaired) electrons. The van der Waals surface area contributed by atoms with E-state index in [1.165, 1.54) is 18.0 Å². The predicted molar refractivity (Wildman–Crippen MR) is 100.0 cm³/mol. The lowest BCUT2D eigenvalue weighted by atomic mass is 10.2. The fourth-order valence-electron chi connectivity index (χ4n) is 2.42. The van der Waals surface area contributed by atoms with E-state index in [1.807, 2.05) is 24.3 Å². The summed E-state index contributed by atoms with van der Waals surface area (Å²) in [5.74, 6) is 0.168. The van der Waals surface area contributed by atoms with Gasteiger partial charge in [-0.05, 0) is 36.8 Å². The molecule has 1 aromatic heterocycles. The summed E-state index contributed by atoms with van der Waals surface area (Å²) in [5.41, 5.74) is 5.18. The number of carbonyl (C=O) groups is 1. The zero-order valence-electron chi connectivity index (χ0n) is 13.7. The summed E-state index contributed by atoms with van der Waals surface area (Å²) >= 11 is 1.38. The predicted octanol–water partition coefficient (Wildman–Crippen LogP) is 3.00. The van der Waals surface area contributed by atoms with Crippen LogP contribution in [0.15, 0.2) is 58.8 Å². The molecule has 7 heteroatoms. The molecule has 1 amide bonds. The molecule has 6 nitrogen and oxygen atoms in total. The van der Waals surface area contributed by atoms with E-state index in [2.05, 4.69) is 27.0 Å². The third kappa shape index (κ3) is 4.19. The van der Waals surface area contributed by atoms with Crippen molar-refractivity contribution < 1.29 is 9.90 Å². The Balaban J connectivity index is 1.59. The van der Waals surface area contributed by atoms with Crippen molar-refractivity contribution in [3.63, 3.8) is 0 Å². The lowest BCUT2D eigenvalue weighted by molar-refractivity contribution is -0.118. The van der Waals surface area contributed by atoms with Crippen molar-refractivity contribution in [2.75, 3.05) is 5.75 Å². The minimum atomic E-state index is -0.212. The van der Waals surface area contributed by atoms with Gasteiger partial charge in [0, 0.05) is 6.54 Å². The van der Waals surface area contributed by atoms with Crippen LogP contribution >= 0.6 is 11.8 Å². The van der Waals surface area contributed by atoms with E-state index >= 15 is 0 Å². The van der Waals surface area contributed by atoms with E-state index in [0.717, 1.165) is 22.7 Å². The molecule has 0 unspecified atom stereocenters. The monoisotopic (exact) mass is 354 g/mol. The number of para-hydroxylation sites is 2. The molecule has 0 aliphatic rings. The van der Waals surface area contributed by atoms with Gasteiger partial charge in [-0.1, -0.05) is 36.0 Å². The van der Waals surface area contributed by atoms with Crippen molar-refractivity contribution >= 4 is 34.9 Å². The fraction of sp³-hybridized carbons (Fsp3) is 0.167. The van der Waals surface area contributed by atoms with Crippen molar-refractivity contribution in [3.8, 4) is 5.75 Å². The molecule has 1 heterocycles. The third-order valence-corrected chi connectivity index (χ3v) is 4.52. The van der Waals surface area contributed by atoms with Gasteiger partial charge in [0.15, 0.2) is 5.16 Å². The molecule has 128 valence electrons. The maximum atomic E-state index is 12.0. The van der Waals surface area contributed by atoms with Gasteiger partial charge in [-0.3, -0.25) is 4.79 Å². The van der Waals surface area contributed by atoms with Gasteiger partial charge in [-0.25, -0.2) is 10.4 Å². The van der Waals surface area contributed by atoms with Gasteiger partial charge in [-0.15, -0.1) is 0 Å². The van der Waals surface area contributed by atoms with Gasteiger partial charge in [-0.2, -0.15) is 5.10 Å². The molecule has 0 aliphatic carbocycles. The number of fused-ring (bicyclic) bond motifs is 1. The largest absolute Gasteiger partial charge is 0.508 e. The number of amides is 1. The minimum absolute atomic E-state index is 0.157. The number of imidazole rings is 1. The second-order valence-corrected chi connectivity index (χ2v) is 6.25. The highest BCUT2D eigenvalue weighted by Gasteiger charge is 2.11. The Morgan fingerprint density at radius 3 is 2.96 bits per heavy atom. The third-order valence-electron chi connectivity index (χ3n) is 3.54. The van der Waals surface area contributed by atoms with Crippen LogP contribution in [0.5, 0.6) is 5.75 Å². The molecule has 2 N–H and O–H groups in total. The Morgan fingerprint density at radius 2 is 2.16 bits per heavy atom. The summed E-state index contributed by atoms with van der Waals surface area (Å²) in [7, 11) is 0. The van der Waals surface area contributed by atoms with Crippen molar-refractivity contribution in [1.82, 2.24) is 15.0 Å². The second-order valence-electron chi connectivity index (χ2n) is 5.30. The van der Waals surface area contributed by atoms with Crippen molar-refractivity contribution in [2.45, 2.75) is 18.6 Å². The molecular formula is C18H18N4O2S. The topological polar surface area (TPSA) is 79.5 Å². The van der Waals surface area contributed by atoms with E-state index in [4.69, 9.17) is 0 Å². The van der Waals surface area contributed by atoms with Crippen molar-refractivity contribution in [2.24, 2.45) is 5.10 Å². The Bertz CT molecular complexity index is 920. The standard InChI is InChI=1S/C18H18N4O2S/c1-2-22-16-9-4-3-8-15(16)20-18(22)25-12-17(24)21-19-11-13-6-5-7-14(23)10-13/h3-11,23H,2,12H2,1H3,(H,21,24)/b19-11+. The highest BCUT2D eigenvalue weighted by atomic mass is 32.2. The van der Waals surface area contributed by atoms with Gasteiger partial charge < -0.3 is 9.67 Å². The highest BCUT2D eigenvalue weighted by molar-refractivity contribution is 7.99. The molecule has 0 saturated carbocycles. The van der Waals surface area contributed by atoms with E-state index in [0.29, 0.717) is 5.56 Å². The van der Waals surface area contributed by atoms with Gasteiger partial charge in [0.2, 0.25) is 0 Å². The number of aromatic nitrogens is 2. The van der Waals surface area contributed by atoms with Crippen LogP contribution in [0.1, 0.15) is 12.5 Å². The number of hydrogen-bond acceptors (Lipinski definition) is 5. The van der Waals surface area contributed by atoms with E-state index < -0.39 is 0 Å². The van der Waals surface area contributed by atoms with Gasteiger partial charge in [0.25, 0.3) is 5.91 Å². The number of phenolic OH excluding ortho intramolecular Hbond substituents is 1. The summed E-state index contributed by atoms with van der Waals surface area (Å²) in [4.78, 5) is 16.5. The molecule has 0 aliphatic heterocycles. The molecule has 0 fully saturated rings. The van der Waals surface area contributed by atoms with Gasteiger partial charge in [0.1, 0.15) is 5.75 Å². The number of phenols is 1. The van der Waals surface area contributed by atoms with E-state index in [-0.39, 0.29) is 17.4 Å². The SMILES string of the molecule is CCn1c(SCC(=O)N/N=C/c2cccc(O)c2)nc2ccccc21. The minimum Gasteiger partial charge on any atom is -0.508 e. The number of nitrogens with one attached hydrogen (secondary N) is 1. The first-order chi connectivity index (χ1) is 12.2. The van der Waals surface area contributed by atoms with Crippen LogP contribution in [0.3, 0.4) is 0 Å². The van der Waals surface area contributed by atoms with Crippen LogP contribution in [0.2, 0.25) is 0 Å². The van der Waals surface area contributed by atoms with Gasteiger partial charge in [0.05, 0.1) is 23.0 Å². The molecule has 3 rings (SSSR count). The first-order valence-electron chi connectivity index (χ1n) is 7.86. The normalized spacial score (nSPS) is 11.2. The number of rotatable bonds is 6. The lowest BCUT2D eigenvalue weighted by Gasteiger charge is -2.04. The van der Waals surface area contributed by atoms with E-state index in [9.17, 15) is 9.90 Å². The highest BCUT2D eigenvalue weighted by Crippen LogP contribution is 2.23. The maximum Gasteiger partial charge on any atom is 0.250 e. The summed E-state index contributed by atoms with van der Waals surface area (Å²) in [6.45, 7) is 2.85. The number of benzene rings is 2. The second kappa shape index (κ2) is 7.85. The van der Waals surface area contributed by atoms with Crippen LogP contribution < -0.4 is 5.43 Å². The van der Waals surface area contributed by atoms with Crippen LogP contribution in [0.25, 0.3) is 11.0 Å². The van der Waals surface area contributed by atoms with Gasteiger partial charge >= 0.3 is 0 Å². The Morgan fingerprint density at radius 1 is 1.32 bits per heavy atom. The Labute approximate surface area is 149 Å². The summed E-state index contributed by atoms with van der Waals surface area (Å²) in [6, 6.07) is 14.6. The molecule has 0 bridgehead atoms. The number of carbonyl (C=O) groups excluding carboxylic acids is 1. The average Bonchev–Trinajstić information content (AvgIpc) is 2.97.